The normalized spacial score (nSPS) is 10.2. The molecular weight excluding hydrogens is 270 g/mol. The quantitative estimate of drug-likeness (QED) is 0.362. The van der Waals surface area contributed by atoms with Crippen molar-refractivity contribution in [3.05, 3.63) is 41.7 Å². The number of nitrogens with zero attached hydrogens (tertiary/aromatic N) is 1. The van der Waals surface area contributed by atoms with Gasteiger partial charge < -0.3 is 4.84 Å². The average Bonchev–Trinajstić information content (AvgIpc) is 2.44. The van der Waals surface area contributed by atoms with E-state index in [4.69, 9.17) is 17.1 Å². The van der Waals surface area contributed by atoms with Crippen LogP contribution in [0.1, 0.15) is 51.4 Å². The molecule has 110 valence electrons. The summed E-state index contributed by atoms with van der Waals surface area (Å²) in [5.41, 5.74) is 0. The Morgan fingerprint density at radius 3 is 2.60 bits per heavy atom. The third kappa shape index (κ3) is 7.24. The van der Waals surface area contributed by atoms with Gasteiger partial charge in [-0.3, -0.25) is 0 Å². The molecule has 1 aromatic rings. The van der Waals surface area contributed by atoms with Crippen LogP contribution in [0.5, 0.6) is 0 Å². The summed E-state index contributed by atoms with van der Waals surface area (Å²) in [5, 5.41) is 0. The third-order valence-electron chi connectivity index (χ3n) is 3.03. The van der Waals surface area contributed by atoms with Gasteiger partial charge in [0.15, 0.2) is 0 Å². The maximum atomic E-state index is 11.6. The maximum Gasteiger partial charge on any atom is 0.332 e. The van der Waals surface area contributed by atoms with Crippen molar-refractivity contribution in [3.63, 3.8) is 0 Å². The predicted molar refractivity (Wildman–Crippen MR) is 84.0 cm³/mol. The molecule has 0 N–H and O–H groups in total. The van der Waals surface area contributed by atoms with E-state index in [1.54, 1.807) is 18.3 Å². The van der Waals surface area contributed by atoms with E-state index in [9.17, 15) is 4.79 Å². The number of aromatic nitrogens is 1. The Kier molecular flexibility index (Phi) is 8.63. The molecule has 0 amide bonds. The Morgan fingerprint density at radius 2 is 1.90 bits per heavy atom. The van der Waals surface area contributed by atoms with Crippen molar-refractivity contribution in [1.29, 1.82) is 0 Å². The van der Waals surface area contributed by atoms with Crippen LogP contribution in [0.4, 0.5) is 0 Å². The smallest absolute Gasteiger partial charge is 0.332 e. The first kappa shape index (κ1) is 16.6. The van der Waals surface area contributed by atoms with Crippen LogP contribution in [0.2, 0.25) is 0 Å². The van der Waals surface area contributed by atoms with Gasteiger partial charge >= 0.3 is 5.97 Å². The highest BCUT2D eigenvalue weighted by atomic mass is 32.1. The zero-order valence-corrected chi connectivity index (χ0v) is 12.7. The zero-order valence-electron chi connectivity index (χ0n) is 11.9. The van der Waals surface area contributed by atoms with Gasteiger partial charge in [-0.1, -0.05) is 50.0 Å². The molecule has 0 radical (unpaired) electrons. The maximum absolute atomic E-state index is 11.6. The van der Waals surface area contributed by atoms with E-state index in [0.717, 1.165) is 19.3 Å². The van der Waals surface area contributed by atoms with Crippen molar-refractivity contribution < 1.29 is 9.63 Å². The molecule has 3 nitrogen and oxygen atoms in total. The Hall–Kier alpha value is -1.42. The van der Waals surface area contributed by atoms with Crippen LogP contribution in [0.3, 0.4) is 0 Å². The van der Waals surface area contributed by atoms with Crippen molar-refractivity contribution in [2.45, 2.75) is 51.4 Å². The van der Waals surface area contributed by atoms with E-state index in [0.29, 0.717) is 11.1 Å². The average molecular weight is 293 g/mol. The molecule has 0 spiro atoms. The molecule has 1 rings (SSSR count). The molecule has 0 bridgehead atoms. The summed E-state index contributed by atoms with van der Waals surface area (Å²) < 4.78 is 1.84. The van der Waals surface area contributed by atoms with Gasteiger partial charge in [0.2, 0.25) is 0 Å². The van der Waals surface area contributed by atoms with Crippen LogP contribution in [0.15, 0.2) is 37.1 Å². The summed E-state index contributed by atoms with van der Waals surface area (Å²) in [5.74, 6) is -0.223. The van der Waals surface area contributed by atoms with E-state index in [2.05, 4.69) is 6.58 Å². The number of rotatable bonds is 10. The van der Waals surface area contributed by atoms with Gasteiger partial charge in [0.25, 0.3) is 0 Å². The van der Waals surface area contributed by atoms with Gasteiger partial charge in [0, 0.05) is 12.6 Å². The van der Waals surface area contributed by atoms with Gasteiger partial charge in [-0.25, -0.2) is 4.79 Å². The van der Waals surface area contributed by atoms with E-state index in [1.165, 1.54) is 30.4 Å². The summed E-state index contributed by atoms with van der Waals surface area (Å²) in [6.07, 6.45) is 12.0. The number of unbranched alkanes of at least 4 members (excludes halogenated alkanes) is 6. The first-order valence-electron chi connectivity index (χ1n) is 7.24. The number of pyridine rings is 1. The number of hydrogen-bond acceptors (Lipinski definition) is 3. The number of allylic oxidation sites excluding steroid dienone is 1. The fraction of sp³-hybridized carbons (Fsp3) is 0.500. The number of carbonyl (C=O) groups excluding carboxylic acids is 1. The third-order valence-corrected chi connectivity index (χ3v) is 3.34. The van der Waals surface area contributed by atoms with Crippen molar-refractivity contribution in [2.24, 2.45) is 0 Å². The van der Waals surface area contributed by atoms with Gasteiger partial charge in [-0.05, 0) is 31.4 Å². The molecule has 0 fully saturated rings. The van der Waals surface area contributed by atoms with E-state index in [1.807, 2.05) is 12.1 Å². The lowest BCUT2D eigenvalue weighted by atomic mass is 10.1. The van der Waals surface area contributed by atoms with Gasteiger partial charge in [0.05, 0.1) is 0 Å². The lowest BCUT2D eigenvalue weighted by Gasteiger charge is -2.06. The molecule has 0 aliphatic heterocycles. The van der Waals surface area contributed by atoms with Gasteiger partial charge in [0.1, 0.15) is 4.64 Å². The summed E-state index contributed by atoms with van der Waals surface area (Å²) >= 11 is 5.05. The van der Waals surface area contributed by atoms with Gasteiger partial charge in [-0.15, -0.1) is 6.58 Å². The van der Waals surface area contributed by atoms with E-state index < -0.39 is 0 Å². The molecule has 0 unspecified atom stereocenters. The lowest BCUT2D eigenvalue weighted by Crippen LogP contribution is -2.19. The van der Waals surface area contributed by atoms with Crippen molar-refractivity contribution >= 4 is 18.2 Å². The molecule has 0 saturated heterocycles. The van der Waals surface area contributed by atoms with Crippen LogP contribution in [0, 0.1) is 4.64 Å². The molecule has 1 heterocycles. The molecule has 0 aromatic carbocycles. The van der Waals surface area contributed by atoms with E-state index in [-0.39, 0.29) is 5.97 Å². The molecule has 0 saturated carbocycles. The van der Waals surface area contributed by atoms with E-state index >= 15 is 0 Å². The standard InChI is InChI=1S/C16H23NO2S/c1-2-3-4-5-6-7-8-9-13-16(18)19-17-14-11-10-12-15(17)20/h2,10-12,14H,1,3-9,13H2. The van der Waals surface area contributed by atoms with Crippen LogP contribution >= 0.6 is 12.2 Å². The first-order valence-corrected chi connectivity index (χ1v) is 7.64. The van der Waals surface area contributed by atoms with Crippen LogP contribution in [-0.4, -0.2) is 10.7 Å². The number of carbonyl (C=O) groups is 1. The minimum absolute atomic E-state index is 0.223. The summed E-state index contributed by atoms with van der Waals surface area (Å²) in [6.45, 7) is 3.71. The molecule has 0 aliphatic rings. The highest BCUT2D eigenvalue weighted by molar-refractivity contribution is 7.71. The first-order chi connectivity index (χ1) is 9.74. The SMILES string of the molecule is C=CCCCCCCCCC(=O)On1ccccc1=S. The minimum Gasteiger partial charge on any atom is -0.336 e. The number of hydrogen-bond donors (Lipinski definition) is 0. The largest absolute Gasteiger partial charge is 0.336 e. The molecule has 0 atom stereocenters. The summed E-state index contributed by atoms with van der Waals surface area (Å²) in [6, 6.07) is 5.33. The molecule has 0 aliphatic carbocycles. The van der Waals surface area contributed by atoms with Gasteiger partial charge in [-0.2, -0.15) is 4.73 Å². The molecular formula is C16H23NO2S. The fourth-order valence-electron chi connectivity index (χ4n) is 1.91. The second-order valence-electron chi connectivity index (χ2n) is 4.78. The molecule has 20 heavy (non-hydrogen) atoms. The minimum atomic E-state index is -0.223. The van der Waals surface area contributed by atoms with Crippen LogP contribution < -0.4 is 4.84 Å². The highest BCUT2D eigenvalue weighted by Gasteiger charge is 2.04. The topological polar surface area (TPSA) is 31.2 Å². The molecule has 4 heteroatoms. The molecule has 1 aromatic heterocycles. The van der Waals surface area contributed by atoms with Crippen LogP contribution in [-0.2, 0) is 4.79 Å². The Morgan fingerprint density at radius 1 is 1.20 bits per heavy atom. The summed E-state index contributed by atoms with van der Waals surface area (Å²) in [4.78, 5) is 16.8. The Bertz CT molecular complexity index is 468. The Balaban J connectivity index is 2.08. The zero-order chi connectivity index (χ0) is 14.6. The second-order valence-corrected chi connectivity index (χ2v) is 5.19. The fourth-order valence-corrected chi connectivity index (χ4v) is 2.09. The van der Waals surface area contributed by atoms with Crippen molar-refractivity contribution in [2.75, 3.05) is 0 Å². The highest BCUT2D eigenvalue weighted by Crippen LogP contribution is 2.08. The Labute approximate surface area is 126 Å². The summed E-state index contributed by atoms with van der Waals surface area (Å²) in [7, 11) is 0. The second kappa shape index (κ2) is 10.4. The monoisotopic (exact) mass is 293 g/mol. The van der Waals surface area contributed by atoms with Crippen molar-refractivity contribution in [1.82, 2.24) is 4.73 Å². The lowest BCUT2D eigenvalue weighted by molar-refractivity contribution is -0.144. The van der Waals surface area contributed by atoms with Crippen molar-refractivity contribution in [3.8, 4) is 0 Å². The van der Waals surface area contributed by atoms with Crippen LogP contribution in [0.25, 0.3) is 0 Å². The predicted octanol–water partition coefficient (Wildman–Crippen LogP) is 4.48.